The summed E-state index contributed by atoms with van der Waals surface area (Å²) < 4.78 is 19.0. The van der Waals surface area contributed by atoms with E-state index in [2.05, 4.69) is 6.92 Å². The molecule has 0 radical (unpaired) electrons. The first kappa shape index (κ1) is 12.5. The number of rotatable bonds is 2. The number of morpholine rings is 1. The quantitative estimate of drug-likeness (QED) is 0.829. The number of halogens is 2. The lowest BCUT2D eigenvalue weighted by atomic mass is 10.1. The van der Waals surface area contributed by atoms with Crippen LogP contribution in [0.2, 0.25) is 5.02 Å². The Kier molecular flexibility index (Phi) is 3.74. The molecule has 0 bridgehead atoms. The first-order valence-corrected chi connectivity index (χ1v) is 6.10. The summed E-state index contributed by atoms with van der Waals surface area (Å²) >= 11 is 5.68. The van der Waals surface area contributed by atoms with E-state index in [1.165, 1.54) is 12.1 Å². The maximum absolute atomic E-state index is 13.4. The van der Waals surface area contributed by atoms with Crippen molar-refractivity contribution in [1.82, 2.24) is 0 Å². The third-order valence-electron chi connectivity index (χ3n) is 3.00. The normalized spacial score (nSPS) is 20.6. The maximum Gasteiger partial charge on any atom is 0.144 e. The van der Waals surface area contributed by atoms with Crippen LogP contribution in [0.5, 0.6) is 0 Å². The summed E-state index contributed by atoms with van der Waals surface area (Å²) in [7, 11) is 0. The van der Waals surface area contributed by atoms with Gasteiger partial charge < -0.3 is 15.4 Å². The highest BCUT2D eigenvalue weighted by Crippen LogP contribution is 2.30. The molecule has 94 valence electrons. The Balaban J connectivity index is 2.24. The Morgan fingerprint density at radius 3 is 3.06 bits per heavy atom. The average Bonchev–Trinajstić information content (AvgIpc) is 2.34. The number of nitrogens with zero attached hydrogens (tertiary/aromatic N) is 1. The lowest BCUT2D eigenvalue weighted by molar-refractivity contribution is 0.0384. The van der Waals surface area contributed by atoms with Crippen molar-refractivity contribution in [3.8, 4) is 0 Å². The van der Waals surface area contributed by atoms with Gasteiger partial charge in [-0.2, -0.15) is 0 Å². The SMILES string of the molecule is CCC1CN(c2cc(F)c(Cl)cc2N)CCO1. The molecule has 1 fully saturated rings. The molecule has 5 heteroatoms. The molecule has 1 saturated heterocycles. The molecule has 1 unspecified atom stereocenters. The number of hydrogen-bond acceptors (Lipinski definition) is 3. The van der Waals surface area contributed by atoms with Crippen molar-refractivity contribution in [3.05, 3.63) is 23.0 Å². The Hall–Kier alpha value is -1.00. The first-order valence-electron chi connectivity index (χ1n) is 5.73. The van der Waals surface area contributed by atoms with E-state index in [9.17, 15) is 4.39 Å². The Morgan fingerprint density at radius 2 is 2.35 bits per heavy atom. The van der Waals surface area contributed by atoms with Crippen LogP contribution in [0.25, 0.3) is 0 Å². The molecular weight excluding hydrogens is 243 g/mol. The van der Waals surface area contributed by atoms with Crippen molar-refractivity contribution in [2.24, 2.45) is 0 Å². The van der Waals surface area contributed by atoms with E-state index in [0.29, 0.717) is 18.0 Å². The third-order valence-corrected chi connectivity index (χ3v) is 3.29. The summed E-state index contributed by atoms with van der Waals surface area (Å²) in [6, 6.07) is 2.86. The Morgan fingerprint density at radius 1 is 1.59 bits per heavy atom. The molecule has 1 heterocycles. The van der Waals surface area contributed by atoms with Crippen LogP contribution in [0.3, 0.4) is 0 Å². The predicted molar refractivity (Wildman–Crippen MR) is 68.1 cm³/mol. The molecule has 1 atom stereocenters. The third kappa shape index (κ3) is 2.64. The van der Waals surface area contributed by atoms with Gasteiger partial charge >= 0.3 is 0 Å². The Labute approximate surface area is 105 Å². The molecule has 0 aliphatic carbocycles. The number of anilines is 2. The maximum atomic E-state index is 13.4. The zero-order chi connectivity index (χ0) is 12.4. The van der Waals surface area contributed by atoms with Crippen LogP contribution in [0.15, 0.2) is 12.1 Å². The minimum atomic E-state index is -0.435. The number of nitrogens with two attached hydrogens (primary N) is 1. The summed E-state index contributed by atoms with van der Waals surface area (Å²) in [4.78, 5) is 2.05. The Bertz CT molecular complexity index is 414. The zero-order valence-electron chi connectivity index (χ0n) is 9.75. The molecule has 2 rings (SSSR count). The van der Waals surface area contributed by atoms with Gasteiger partial charge in [-0.15, -0.1) is 0 Å². The number of nitrogen functional groups attached to an aromatic ring is 1. The van der Waals surface area contributed by atoms with Crippen LogP contribution < -0.4 is 10.6 Å². The van der Waals surface area contributed by atoms with E-state index in [0.717, 1.165) is 19.5 Å². The van der Waals surface area contributed by atoms with Crippen molar-refractivity contribution in [3.63, 3.8) is 0 Å². The predicted octanol–water partition coefficient (Wildman–Crippen LogP) is 2.68. The monoisotopic (exact) mass is 258 g/mol. The molecular formula is C12H16ClFN2O. The average molecular weight is 259 g/mol. The highest BCUT2D eigenvalue weighted by atomic mass is 35.5. The summed E-state index contributed by atoms with van der Waals surface area (Å²) in [5.74, 6) is -0.435. The van der Waals surface area contributed by atoms with E-state index < -0.39 is 5.82 Å². The zero-order valence-corrected chi connectivity index (χ0v) is 10.5. The fourth-order valence-corrected chi connectivity index (χ4v) is 2.18. The van der Waals surface area contributed by atoms with E-state index in [-0.39, 0.29) is 11.1 Å². The molecule has 1 aliphatic heterocycles. The van der Waals surface area contributed by atoms with E-state index in [1.54, 1.807) is 0 Å². The van der Waals surface area contributed by atoms with Crippen LogP contribution in [0.1, 0.15) is 13.3 Å². The van der Waals surface area contributed by atoms with Gasteiger partial charge in [0.2, 0.25) is 0 Å². The summed E-state index contributed by atoms with van der Waals surface area (Å²) in [5.41, 5.74) is 7.08. The largest absolute Gasteiger partial charge is 0.397 e. The fraction of sp³-hybridized carbons (Fsp3) is 0.500. The van der Waals surface area contributed by atoms with Crippen LogP contribution in [-0.4, -0.2) is 25.8 Å². The summed E-state index contributed by atoms with van der Waals surface area (Å²) in [5, 5.41) is 0.0616. The molecule has 1 aromatic carbocycles. The van der Waals surface area contributed by atoms with E-state index in [1.807, 2.05) is 4.90 Å². The van der Waals surface area contributed by atoms with Gasteiger partial charge in [-0.25, -0.2) is 4.39 Å². The molecule has 1 aliphatic rings. The second-order valence-corrected chi connectivity index (χ2v) is 4.58. The van der Waals surface area contributed by atoms with Gasteiger partial charge in [0, 0.05) is 19.2 Å². The highest BCUT2D eigenvalue weighted by molar-refractivity contribution is 6.31. The highest BCUT2D eigenvalue weighted by Gasteiger charge is 2.21. The van der Waals surface area contributed by atoms with Gasteiger partial charge in [0.25, 0.3) is 0 Å². The first-order chi connectivity index (χ1) is 8.11. The minimum absolute atomic E-state index is 0.0616. The second kappa shape index (κ2) is 5.10. The van der Waals surface area contributed by atoms with Gasteiger partial charge in [-0.3, -0.25) is 0 Å². The van der Waals surface area contributed by atoms with Gasteiger partial charge in [0.1, 0.15) is 5.82 Å². The van der Waals surface area contributed by atoms with Crippen LogP contribution >= 0.6 is 11.6 Å². The lowest BCUT2D eigenvalue weighted by Crippen LogP contribution is -2.42. The molecule has 0 aromatic heterocycles. The van der Waals surface area contributed by atoms with Gasteiger partial charge in [-0.05, 0) is 12.5 Å². The minimum Gasteiger partial charge on any atom is -0.397 e. The lowest BCUT2D eigenvalue weighted by Gasteiger charge is -2.34. The fourth-order valence-electron chi connectivity index (χ4n) is 2.01. The summed E-state index contributed by atoms with van der Waals surface area (Å²) in [6.45, 7) is 4.17. The molecule has 0 saturated carbocycles. The number of hydrogen-bond donors (Lipinski definition) is 1. The molecule has 0 spiro atoms. The van der Waals surface area contributed by atoms with E-state index in [4.69, 9.17) is 22.1 Å². The standard InChI is InChI=1S/C12H16ClFN2O/c1-2-8-7-16(3-4-17-8)12-6-10(14)9(13)5-11(12)15/h5-6,8H,2-4,7,15H2,1H3. The molecule has 2 N–H and O–H groups in total. The second-order valence-electron chi connectivity index (χ2n) is 4.17. The van der Waals surface area contributed by atoms with E-state index >= 15 is 0 Å². The van der Waals surface area contributed by atoms with Crippen molar-refractivity contribution < 1.29 is 9.13 Å². The molecule has 1 aromatic rings. The van der Waals surface area contributed by atoms with Crippen LogP contribution in [-0.2, 0) is 4.74 Å². The summed E-state index contributed by atoms with van der Waals surface area (Å²) in [6.07, 6.45) is 1.12. The van der Waals surface area contributed by atoms with Gasteiger partial charge in [0.05, 0.1) is 29.1 Å². The van der Waals surface area contributed by atoms with Gasteiger partial charge in [-0.1, -0.05) is 18.5 Å². The van der Waals surface area contributed by atoms with Crippen LogP contribution in [0, 0.1) is 5.82 Å². The smallest absolute Gasteiger partial charge is 0.144 e. The molecule has 0 amide bonds. The van der Waals surface area contributed by atoms with Crippen LogP contribution in [0.4, 0.5) is 15.8 Å². The topological polar surface area (TPSA) is 38.5 Å². The number of benzene rings is 1. The molecule has 3 nitrogen and oxygen atoms in total. The van der Waals surface area contributed by atoms with Gasteiger partial charge in [0.15, 0.2) is 0 Å². The van der Waals surface area contributed by atoms with Crippen molar-refractivity contribution >= 4 is 23.0 Å². The van der Waals surface area contributed by atoms with Crippen molar-refractivity contribution in [2.75, 3.05) is 30.3 Å². The number of ether oxygens (including phenoxy) is 1. The molecule has 17 heavy (non-hydrogen) atoms. The van der Waals surface area contributed by atoms with Crippen molar-refractivity contribution in [2.45, 2.75) is 19.4 Å². The van der Waals surface area contributed by atoms with Crippen molar-refractivity contribution in [1.29, 1.82) is 0 Å².